The van der Waals surface area contributed by atoms with Gasteiger partial charge < -0.3 is 21.3 Å². The van der Waals surface area contributed by atoms with Gasteiger partial charge in [0.2, 0.25) is 5.91 Å². The number of carboxylic acid groups (broad SMARTS) is 1. The summed E-state index contributed by atoms with van der Waals surface area (Å²) >= 11 is 0. The molecule has 7 heteroatoms. The number of phenols is 1. The first-order valence-electron chi connectivity index (χ1n) is 9.66. The molecular weight excluding hydrogens is 360 g/mol. The van der Waals surface area contributed by atoms with Crippen LogP contribution in [0.3, 0.4) is 0 Å². The fourth-order valence-corrected chi connectivity index (χ4v) is 2.86. The predicted molar refractivity (Wildman–Crippen MR) is 107 cm³/mol. The number of benzene rings is 1. The van der Waals surface area contributed by atoms with E-state index in [9.17, 15) is 24.6 Å². The van der Waals surface area contributed by atoms with E-state index < -0.39 is 29.9 Å². The van der Waals surface area contributed by atoms with Crippen LogP contribution in [0.2, 0.25) is 0 Å². The van der Waals surface area contributed by atoms with Gasteiger partial charge >= 0.3 is 5.97 Å². The first kappa shape index (κ1) is 23.6. The summed E-state index contributed by atoms with van der Waals surface area (Å²) in [6.07, 6.45) is 0.671. The van der Waals surface area contributed by atoms with Crippen molar-refractivity contribution in [1.29, 1.82) is 0 Å². The van der Waals surface area contributed by atoms with Gasteiger partial charge in [0.15, 0.2) is 5.78 Å². The fourth-order valence-electron chi connectivity index (χ4n) is 2.86. The van der Waals surface area contributed by atoms with Crippen molar-refractivity contribution in [2.24, 2.45) is 23.5 Å². The Bertz CT molecular complexity index is 672. The largest absolute Gasteiger partial charge is 0.508 e. The molecule has 1 aromatic rings. The maximum Gasteiger partial charge on any atom is 0.307 e. The van der Waals surface area contributed by atoms with E-state index in [-0.39, 0.29) is 36.2 Å². The normalized spacial score (nSPS) is 15.5. The van der Waals surface area contributed by atoms with Gasteiger partial charge in [-0.25, -0.2) is 0 Å². The molecule has 0 radical (unpaired) electrons. The number of aromatic hydroxyl groups is 1. The van der Waals surface area contributed by atoms with Crippen LogP contribution < -0.4 is 11.1 Å². The Morgan fingerprint density at radius 3 is 2.14 bits per heavy atom. The molecule has 28 heavy (non-hydrogen) atoms. The summed E-state index contributed by atoms with van der Waals surface area (Å²) in [7, 11) is 0. The van der Waals surface area contributed by atoms with Gasteiger partial charge in [-0.15, -0.1) is 0 Å². The summed E-state index contributed by atoms with van der Waals surface area (Å²) in [4.78, 5) is 36.9. The van der Waals surface area contributed by atoms with Crippen LogP contribution in [0.4, 0.5) is 0 Å². The number of nitrogens with two attached hydrogens (primary N) is 1. The zero-order valence-electron chi connectivity index (χ0n) is 17.0. The Hall–Kier alpha value is -2.41. The van der Waals surface area contributed by atoms with Gasteiger partial charge in [-0.05, 0) is 36.0 Å². The lowest BCUT2D eigenvalue weighted by Gasteiger charge is -2.24. The van der Waals surface area contributed by atoms with Crippen molar-refractivity contribution in [2.75, 3.05) is 0 Å². The van der Waals surface area contributed by atoms with Gasteiger partial charge in [0.1, 0.15) is 5.75 Å². The first-order valence-corrected chi connectivity index (χ1v) is 9.66. The zero-order chi connectivity index (χ0) is 21.4. The molecule has 4 atom stereocenters. The third-order valence-electron chi connectivity index (χ3n) is 5.17. The minimum atomic E-state index is -1.02. The number of rotatable bonds is 11. The number of nitrogens with one attached hydrogen (secondary N) is 1. The maximum atomic E-state index is 12.9. The number of Topliss-reactive ketones (excluding diaryl/α,β-unsaturated/α-hetero) is 1. The van der Waals surface area contributed by atoms with Crippen molar-refractivity contribution in [3.63, 3.8) is 0 Å². The highest BCUT2D eigenvalue weighted by Gasteiger charge is 2.31. The molecule has 0 aliphatic carbocycles. The van der Waals surface area contributed by atoms with Crippen LogP contribution in [0.1, 0.15) is 46.1 Å². The molecule has 0 saturated carbocycles. The van der Waals surface area contributed by atoms with Crippen molar-refractivity contribution in [1.82, 2.24) is 5.32 Å². The van der Waals surface area contributed by atoms with E-state index in [2.05, 4.69) is 5.32 Å². The molecule has 0 heterocycles. The molecule has 1 aromatic carbocycles. The smallest absolute Gasteiger partial charge is 0.307 e. The van der Waals surface area contributed by atoms with Crippen molar-refractivity contribution in [2.45, 2.75) is 59.0 Å². The quantitative estimate of drug-likeness (QED) is 0.456. The molecule has 0 bridgehead atoms. The summed E-state index contributed by atoms with van der Waals surface area (Å²) in [6.45, 7) is 7.30. The Kier molecular flexibility index (Phi) is 9.12. The average molecular weight is 392 g/mol. The van der Waals surface area contributed by atoms with E-state index in [0.717, 1.165) is 5.56 Å². The van der Waals surface area contributed by atoms with E-state index in [0.29, 0.717) is 6.42 Å². The number of amides is 1. The molecule has 5 N–H and O–H groups in total. The first-order chi connectivity index (χ1) is 13.1. The van der Waals surface area contributed by atoms with E-state index in [1.165, 1.54) is 12.1 Å². The van der Waals surface area contributed by atoms with Crippen molar-refractivity contribution < 1.29 is 24.6 Å². The van der Waals surface area contributed by atoms with Gasteiger partial charge in [0, 0.05) is 6.42 Å². The number of hydrogen-bond acceptors (Lipinski definition) is 5. The van der Waals surface area contributed by atoms with Crippen LogP contribution in [0.25, 0.3) is 0 Å². The number of aliphatic carboxylic acids is 1. The topological polar surface area (TPSA) is 130 Å². The molecule has 0 aliphatic rings. The summed E-state index contributed by atoms with van der Waals surface area (Å²) in [5, 5.41) is 21.6. The van der Waals surface area contributed by atoms with Gasteiger partial charge in [-0.2, -0.15) is 0 Å². The predicted octanol–water partition coefficient (Wildman–Crippen LogP) is 2.11. The molecule has 1 rings (SSSR count). The standard InChI is InChI=1S/C21H32N2O5/c1-5-13(4)16(21(27)28)11-18(25)17(23-20(26)19(22)12(2)3)10-14-6-8-15(24)9-7-14/h6-9,12-13,16-17,19,24H,5,10-11,22H2,1-4H3,(H,23,26)(H,27,28)/t13?,16-,17-,19-/m0/s1. The molecule has 1 unspecified atom stereocenters. The number of carbonyl (C=O) groups is 3. The average Bonchev–Trinajstić information content (AvgIpc) is 2.65. The molecule has 1 amide bonds. The number of carbonyl (C=O) groups excluding carboxylic acids is 2. The van der Waals surface area contributed by atoms with Crippen LogP contribution in [0, 0.1) is 17.8 Å². The lowest BCUT2D eigenvalue weighted by Crippen LogP contribution is -2.51. The summed E-state index contributed by atoms with van der Waals surface area (Å²) < 4.78 is 0. The molecular formula is C21H32N2O5. The van der Waals surface area contributed by atoms with E-state index in [1.807, 2.05) is 20.8 Å². The molecule has 0 spiro atoms. The Morgan fingerprint density at radius 1 is 1.11 bits per heavy atom. The monoisotopic (exact) mass is 392 g/mol. The fraction of sp³-hybridized carbons (Fsp3) is 0.571. The highest BCUT2D eigenvalue weighted by atomic mass is 16.4. The Morgan fingerprint density at radius 2 is 1.68 bits per heavy atom. The lowest BCUT2D eigenvalue weighted by atomic mass is 9.85. The van der Waals surface area contributed by atoms with Crippen LogP contribution >= 0.6 is 0 Å². The van der Waals surface area contributed by atoms with Crippen molar-refractivity contribution >= 4 is 17.7 Å². The highest BCUT2D eigenvalue weighted by Crippen LogP contribution is 2.21. The second-order valence-corrected chi connectivity index (χ2v) is 7.70. The van der Waals surface area contributed by atoms with Gasteiger partial charge in [0.25, 0.3) is 0 Å². The SMILES string of the molecule is CCC(C)[C@H](CC(=O)[C@H](Cc1ccc(O)cc1)NC(=O)[C@@H](N)C(C)C)C(=O)O. The van der Waals surface area contributed by atoms with E-state index in [4.69, 9.17) is 5.73 Å². The minimum Gasteiger partial charge on any atom is -0.508 e. The lowest BCUT2D eigenvalue weighted by molar-refractivity contribution is -0.146. The van der Waals surface area contributed by atoms with Crippen LogP contribution in [-0.2, 0) is 20.8 Å². The van der Waals surface area contributed by atoms with Crippen molar-refractivity contribution in [3.8, 4) is 5.75 Å². The van der Waals surface area contributed by atoms with Gasteiger partial charge in [0.05, 0.1) is 18.0 Å². The third kappa shape index (κ3) is 6.96. The number of phenolic OH excluding ortho intramolecular Hbond substituents is 1. The highest BCUT2D eigenvalue weighted by molar-refractivity contribution is 5.92. The second-order valence-electron chi connectivity index (χ2n) is 7.70. The summed E-state index contributed by atoms with van der Waals surface area (Å²) in [6, 6.07) is 4.67. The number of ketones is 1. The summed E-state index contributed by atoms with van der Waals surface area (Å²) in [5.41, 5.74) is 6.63. The van der Waals surface area contributed by atoms with Crippen LogP contribution in [-0.4, -0.2) is 40.0 Å². The Balaban J connectivity index is 3.03. The molecule has 0 saturated heterocycles. The Labute approximate surface area is 166 Å². The third-order valence-corrected chi connectivity index (χ3v) is 5.17. The van der Waals surface area contributed by atoms with Gasteiger partial charge in [-0.3, -0.25) is 14.4 Å². The molecule has 156 valence electrons. The molecule has 0 aromatic heterocycles. The summed E-state index contributed by atoms with van der Waals surface area (Å²) in [5.74, 6) is -2.78. The molecule has 0 fully saturated rings. The number of carboxylic acids is 1. The van der Waals surface area contributed by atoms with Crippen LogP contribution in [0.15, 0.2) is 24.3 Å². The maximum absolute atomic E-state index is 12.9. The minimum absolute atomic E-state index is 0.0974. The molecule has 7 nitrogen and oxygen atoms in total. The van der Waals surface area contributed by atoms with Crippen molar-refractivity contribution in [3.05, 3.63) is 29.8 Å². The van der Waals surface area contributed by atoms with E-state index in [1.54, 1.807) is 19.1 Å². The second kappa shape index (κ2) is 10.8. The molecule has 0 aliphatic heterocycles. The van der Waals surface area contributed by atoms with Crippen LogP contribution in [0.5, 0.6) is 5.75 Å². The number of hydrogen-bond donors (Lipinski definition) is 4. The van der Waals surface area contributed by atoms with Gasteiger partial charge in [-0.1, -0.05) is 46.2 Å². The van der Waals surface area contributed by atoms with E-state index >= 15 is 0 Å². The zero-order valence-corrected chi connectivity index (χ0v) is 17.0.